The standard InChI is InChI=1S/C10H16F5N/c1-7(2,3)8(5-4-6-16-8)9(11,12)10(13,14)15/h16H,4-6H2,1-3H3/p+1/t8-/m0/s1. The Hall–Kier alpha value is -0.390. The molecule has 0 radical (unpaired) electrons. The van der Waals surface area contributed by atoms with Crippen LogP contribution in [0.5, 0.6) is 0 Å². The lowest BCUT2D eigenvalue weighted by Crippen LogP contribution is -3.01. The van der Waals surface area contributed by atoms with Crippen LogP contribution in [0.1, 0.15) is 33.6 Å². The molecule has 6 heteroatoms. The van der Waals surface area contributed by atoms with Crippen LogP contribution >= 0.6 is 0 Å². The Balaban J connectivity index is 3.23. The van der Waals surface area contributed by atoms with Gasteiger partial charge in [-0.15, -0.1) is 0 Å². The van der Waals surface area contributed by atoms with Gasteiger partial charge in [0, 0.05) is 18.3 Å². The maximum absolute atomic E-state index is 13.6. The van der Waals surface area contributed by atoms with Crippen LogP contribution in [-0.2, 0) is 0 Å². The van der Waals surface area contributed by atoms with E-state index in [1.807, 2.05) is 0 Å². The number of hydrogen-bond acceptors (Lipinski definition) is 0. The van der Waals surface area contributed by atoms with E-state index in [-0.39, 0.29) is 6.42 Å². The summed E-state index contributed by atoms with van der Waals surface area (Å²) < 4.78 is 64.7. The molecule has 0 spiro atoms. The van der Waals surface area contributed by atoms with Gasteiger partial charge in [0.15, 0.2) is 5.54 Å². The van der Waals surface area contributed by atoms with Crippen molar-refractivity contribution in [3.05, 3.63) is 0 Å². The molecule has 16 heavy (non-hydrogen) atoms. The van der Waals surface area contributed by atoms with Gasteiger partial charge in [-0.1, -0.05) is 20.8 Å². The second-order valence-electron chi connectivity index (χ2n) is 5.39. The van der Waals surface area contributed by atoms with Crippen LogP contribution in [-0.4, -0.2) is 24.2 Å². The molecule has 1 rings (SSSR count). The number of rotatable bonds is 1. The van der Waals surface area contributed by atoms with Crippen LogP contribution in [0.4, 0.5) is 22.0 Å². The van der Waals surface area contributed by atoms with Gasteiger partial charge in [-0.2, -0.15) is 22.0 Å². The van der Waals surface area contributed by atoms with Crippen molar-refractivity contribution in [1.29, 1.82) is 0 Å². The molecule has 0 aromatic rings. The highest BCUT2D eigenvalue weighted by molar-refractivity contribution is 5.05. The largest absolute Gasteiger partial charge is 0.460 e. The van der Waals surface area contributed by atoms with E-state index < -0.39 is 23.1 Å². The van der Waals surface area contributed by atoms with Crippen LogP contribution in [0.2, 0.25) is 0 Å². The van der Waals surface area contributed by atoms with Crippen molar-refractivity contribution in [3.8, 4) is 0 Å². The molecule has 2 N–H and O–H groups in total. The topological polar surface area (TPSA) is 16.6 Å². The molecule has 0 bridgehead atoms. The first kappa shape index (κ1) is 13.7. The summed E-state index contributed by atoms with van der Waals surface area (Å²) in [6.07, 6.45) is -5.20. The molecule has 0 amide bonds. The average molecular weight is 246 g/mol. The van der Waals surface area contributed by atoms with Gasteiger partial charge < -0.3 is 5.32 Å². The first-order chi connectivity index (χ1) is 6.96. The second kappa shape index (κ2) is 3.55. The Morgan fingerprint density at radius 3 is 1.75 bits per heavy atom. The number of hydrogen-bond donors (Lipinski definition) is 1. The normalized spacial score (nSPS) is 28.5. The van der Waals surface area contributed by atoms with Gasteiger partial charge >= 0.3 is 12.1 Å². The van der Waals surface area contributed by atoms with E-state index in [0.29, 0.717) is 13.0 Å². The molecule has 0 unspecified atom stereocenters. The second-order valence-corrected chi connectivity index (χ2v) is 5.39. The van der Waals surface area contributed by atoms with Gasteiger partial charge in [0.1, 0.15) is 0 Å². The number of halogens is 5. The number of nitrogens with two attached hydrogens (primary N) is 1. The third kappa shape index (κ3) is 1.71. The van der Waals surface area contributed by atoms with E-state index >= 15 is 0 Å². The SMILES string of the molecule is CC(C)(C)[C@]1(C(F)(F)C(F)(F)F)CCC[NH2+]1. The Labute approximate surface area is 91.4 Å². The first-order valence-corrected chi connectivity index (χ1v) is 5.25. The van der Waals surface area contributed by atoms with Crippen molar-refractivity contribution in [1.82, 2.24) is 0 Å². The highest BCUT2D eigenvalue weighted by Gasteiger charge is 2.76. The highest BCUT2D eigenvalue weighted by Crippen LogP contribution is 2.51. The summed E-state index contributed by atoms with van der Waals surface area (Å²) in [5.41, 5.74) is -3.18. The lowest BCUT2D eigenvalue weighted by atomic mass is 9.68. The molecule has 1 aliphatic rings. The summed E-state index contributed by atoms with van der Waals surface area (Å²) in [6.45, 7) is 4.64. The monoisotopic (exact) mass is 246 g/mol. The molecule has 1 aliphatic heterocycles. The predicted octanol–water partition coefficient (Wildman–Crippen LogP) is 2.33. The van der Waals surface area contributed by atoms with Gasteiger partial charge in [-0.05, 0) is 0 Å². The van der Waals surface area contributed by atoms with Gasteiger partial charge in [0.2, 0.25) is 0 Å². The minimum Gasteiger partial charge on any atom is -0.336 e. The molecule has 0 aliphatic carbocycles. The molecule has 0 saturated carbocycles. The predicted molar refractivity (Wildman–Crippen MR) is 49.2 cm³/mol. The molecule has 1 saturated heterocycles. The Morgan fingerprint density at radius 2 is 1.50 bits per heavy atom. The molecule has 1 fully saturated rings. The van der Waals surface area contributed by atoms with Crippen molar-refractivity contribution >= 4 is 0 Å². The van der Waals surface area contributed by atoms with Crippen molar-refractivity contribution in [2.45, 2.75) is 51.3 Å². The Kier molecular flexibility index (Phi) is 3.03. The van der Waals surface area contributed by atoms with Gasteiger partial charge in [-0.25, -0.2) is 0 Å². The Bertz CT molecular complexity index is 257. The zero-order valence-corrected chi connectivity index (χ0v) is 9.59. The van der Waals surface area contributed by atoms with Gasteiger partial charge in [0.05, 0.1) is 6.54 Å². The van der Waals surface area contributed by atoms with E-state index in [1.165, 1.54) is 26.1 Å². The third-order valence-corrected chi connectivity index (χ3v) is 3.52. The molecule has 1 atom stereocenters. The van der Waals surface area contributed by atoms with Crippen LogP contribution in [0.3, 0.4) is 0 Å². The Morgan fingerprint density at radius 1 is 1.00 bits per heavy atom. The zero-order valence-electron chi connectivity index (χ0n) is 9.59. The minimum absolute atomic E-state index is 0.108. The van der Waals surface area contributed by atoms with E-state index in [4.69, 9.17) is 0 Å². The highest BCUT2D eigenvalue weighted by atomic mass is 19.4. The van der Waals surface area contributed by atoms with E-state index in [0.717, 1.165) is 0 Å². The fourth-order valence-electron chi connectivity index (χ4n) is 2.52. The summed E-state index contributed by atoms with van der Waals surface area (Å²) in [7, 11) is 0. The van der Waals surface area contributed by atoms with Crippen LogP contribution in [0, 0.1) is 5.41 Å². The summed E-state index contributed by atoms with van der Waals surface area (Å²) >= 11 is 0. The molecular weight excluding hydrogens is 229 g/mol. The molecule has 1 nitrogen and oxygen atoms in total. The van der Waals surface area contributed by atoms with E-state index in [2.05, 4.69) is 0 Å². The summed E-state index contributed by atoms with van der Waals surface area (Å²) in [5, 5.41) is 1.17. The van der Waals surface area contributed by atoms with Crippen LogP contribution < -0.4 is 5.32 Å². The fourth-order valence-corrected chi connectivity index (χ4v) is 2.52. The lowest BCUT2D eigenvalue weighted by molar-refractivity contribution is -0.749. The van der Waals surface area contributed by atoms with Crippen molar-refractivity contribution < 1.29 is 27.3 Å². The molecule has 96 valence electrons. The van der Waals surface area contributed by atoms with E-state index in [1.54, 1.807) is 0 Å². The van der Waals surface area contributed by atoms with Crippen LogP contribution in [0.15, 0.2) is 0 Å². The van der Waals surface area contributed by atoms with Crippen LogP contribution in [0.25, 0.3) is 0 Å². The molecular formula is C10H17F5N+. The summed E-state index contributed by atoms with van der Waals surface area (Å²) in [6, 6.07) is 0. The molecule has 0 aromatic heterocycles. The lowest BCUT2D eigenvalue weighted by Gasteiger charge is -2.44. The zero-order chi connectivity index (χ0) is 12.8. The van der Waals surface area contributed by atoms with Crippen molar-refractivity contribution in [2.24, 2.45) is 5.41 Å². The molecule has 1 heterocycles. The summed E-state index contributed by atoms with van der Waals surface area (Å²) in [4.78, 5) is 0. The minimum atomic E-state index is -5.48. The smallest absolute Gasteiger partial charge is 0.336 e. The maximum atomic E-state index is 13.6. The molecule has 0 aromatic carbocycles. The number of alkyl halides is 5. The third-order valence-electron chi connectivity index (χ3n) is 3.52. The quantitative estimate of drug-likeness (QED) is 0.684. The van der Waals surface area contributed by atoms with Gasteiger partial charge in [-0.3, -0.25) is 0 Å². The average Bonchev–Trinajstić information content (AvgIpc) is 2.48. The fraction of sp³-hybridized carbons (Fsp3) is 1.00. The first-order valence-electron chi connectivity index (χ1n) is 5.25. The van der Waals surface area contributed by atoms with E-state index in [9.17, 15) is 22.0 Å². The van der Waals surface area contributed by atoms with Crippen molar-refractivity contribution in [2.75, 3.05) is 6.54 Å². The van der Waals surface area contributed by atoms with Crippen molar-refractivity contribution in [3.63, 3.8) is 0 Å². The summed E-state index contributed by atoms with van der Waals surface area (Å²) in [5.74, 6) is -4.66. The van der Waals surface area contributed by atoms with Gasteiger partial charge in [0.25, 0.3) is 0 Å². The maximum Gasteiger partial charge on any atom is 0.460 e. The number of quaternary nitrogens is 1.